The van der Waals surface area contributed by atoms with Crippen LogP contribution in [-0.2, 0) is 10.1 Å². The third-order valence-electron chi connectivity index (χ3n) is 6.21. The molecule has 0 aliphatic rings. The predicted octanol–water partition coefficient (Wildman–Crippen LogP) is 6.30. The van der Waals surface area contributed by atoms with Gasteiger partial charge in [0.1, 0.15) is 11.4 Å². The number of alkyl halides is 3. The van der Waals surface area contributed by atoms with Crippen LogP contribution in [0, 0.1) is 0 Å². The van der Waals surface area contributed by atoms with Crippen LogP contribution in [0.3, 0.4) is 0 Å². The molecule has 6 aromatic rings. The normalized spacial score (nSPS) is 11.8. The summed E-state index contributed by atoms with van der Waals surface area (Å²) in [4.78, 5) is 0. The summed E-state index contributed by atoms with van der Waals surface area (Å²) in [6, 6.07) is 35.8. The van der Waals surface area contributed by atoms with Crippen LogP contribution in [0.2, 0.25) is 0 Å². The fraction of sp³-hybridized carbons (Fsp3) is 0.0690. The van der Waals surface area contributed by atoms with Gasteiger partial charge in [-0.2, -0.15) is 13.2 Å². The van der Waals surface area contributed by atoms with E-state index in [1.807, 2.05) is 24.3 Å². The molecule has 3 aromatic carbocycles. The zero-order chi connectivity index (χ0) is 28.5. The number of pyridine rings is 2. The zero-order valence-corrected chi connectivity index (χ0v) is 21.8. The molecule has 3 aromatic heterocycles. The number of benzene rings is 3. The molecule has 3 heterocycles. The molecule has 0 unspecified atom stereocenters. The first kappa shape index (κ1) is 27.0. The summed E-state index contributed by atoms with van der Waals surface area (Å²) < 4.78 is 68.8. The van der Waals surface area contributed by atoms with Crippen LogP contribution in [0.25, 0.3) is 33.2 Å². The molecular weight excluding hydrogens is 543 g/mol. The lowest BCUT2D eigenvalue weighted by Crippen LogP contribution is -2.22. The number of anilines is 2. The van der Waals surface area contributed by atoms with E-state index < -0.39 is 15.6 Å². The summed E-state index contributed by atoms with van der Waals surface area (Å²) in [6.45, 7) is 0. The molecule has 0 atom stereocenters. The molecule has 0 fully saturated rings. The van der Waals surface area contributed by atoms with Gasteiger partial charge in [0.2, 0.25) is 5.65 Å². The van der Waals surface area contributed by atoms with Crippen molar-refractivity contribution in [2.24, 2.45) is 0 Å². The van der Waals surface area contributed by atoms with Gasteiger partial charge in [0.05, 0.1) is 19.0 Å². The number of fused-ring (bicyclic) bond motifs is 5. The molecule has 0 radical (unpaired) electrons. The van der Waals surface area contributed by atoms with Gasteiger partial charge in [-0.1, -0.05) is 60.7 Å². The number of rotatable bonds is 4. The molecule has 204 valence electrons. The van der Waals surface area contributed by atoms with Gasteiger partial charge in [0.15, 0.2) is 15.6 Å². The van der Waals surface area contributed by atoms with Crippen LogP contribution in [0.5, 0.6) is 5.75 Å². The number of nitrogens with zero attached hydrogens (tertiary/aromatic N) is 2. The largest absolute Gasteiger partial charge is 0.741 e. The Morgan fingerprint density at radius 2 is 1.50 bits per heavy atom. The van der Waals surface area contributed by atoms with E-state index in [4.69, 9.17) is 17.7 Å². The SMILES string of the molecule is COc1ccc(Nc2c3c4ccccc4cc(-c4ccccc4)n3c3cccc[n+]23)cc1.O=S(=O)([O-])C(F)(F)F. The van der Waals surface area contributed by atoms with Gasteiger partial charge in [-0.15, -0.1) is 0 Å². The van der Waals surface area contributed by atoms with Gasteiger partial charge in [0.25, 0.3) is 5.82 Å². The quantitative estimate of drug-likeness (QED) is 0.154. The molecular formula is C29H22F3N3O4S. The van der Waals surface area contributed by atoms with Crippen LogP contribution in [0.4, 0.5) is 24.7 Å². The standard InChI is InChI=1S/C28H22N3O.CHF3O3S/c1-32-23-16-14-22(15-17-23)29-28-27-24-12-6-5-11-21(24)19-25(20-9-3-2-4-10-20)31(27)26-13-7-8-18-30(26)28;2-1(3,4)8(5,6)7/h2-19,29H,1H3;(H,5,6,7)/q+1;/p-1. The van der Waals surface area contributed by atoms with Crippen LogP contribution < -0.4 is 14.5 Å². The second-order valence-corrected chi connectivity index (χ2v) is 10.1. The number of methoxy groups -OCH3 is 1. The first-order chi connectivity index (χ1) is 19.1. The number of imidazole rings is 1. The second kappa shape index (κ2) is 10.5. The Hall–Kier alpha value is -4.61. The maximum absolute atomic E-state index is 10.7. The van der Waals surface area contributed by atoms with Gasteiger partial charge in [-0.25, -0.2) is 17.2 Å². The average molecular weight is 566 g/mol. The predicted molar refractivity (Wildman–Crippen MR) is 146 cm³/mol. The van der Waals surface area contributed by atoms with Crippen molar-refractivity contribution >= 4 is 43.6 Å². The topological polar surface area (TPSA) is 87.0 Å². The zero-order valence-electron chi connectivity index (χ0n) is 21.0. The van der Waals surface area contributed by atoms with E-state index in [-0.39, 0.29) is 0 Å². The van der Waals surface area contributed by atoms with Gasteiger partial charge < -0.3 is 9.29 Å². The maximum atomic E-state index is 10.7. The van der Waals surface area contributed by atoms with Gasteiger partial charge in [-0.05, 0) is 41.8 Å². The fourth-order valence-electron chi connectivity index (χ4n) is 4.43. The fourth-order valence-corrected chi connectivity index (χ4v) is 4.43. The smallest absolute Gasteiger partial charge is 0.485 e. The van der Waals surface area contributed by atoms with Crippen molar-refractivity contribution in [2.75, 3.05) is 12.4 Å². The summed E-state index contributed by atoms with van der Waals surface area (Å²) in [7, 11) is -4.41. The Kier molecular flexibility index (Phi) is 7.09. The van der Waals surface area contributed by atoms with Crippen molar-refractivity contribution in [2.45, 2.75) is 5.51 Å². The highest BCUT2D eigenvalue weighted by molar-refractivity contribution is 7.86. The van der Waals surface area contributed by atoms with Crippen molar-refractivity contribution in [3.63, 3.8) is 0 Å². The Labute approximate surface area is 227 Å². The van der Waals surface area contributed by atoms with Gasteiger partial charge in [-0.3, -0.25) is 5.32 Å². The maximum Gasteiger partial charge on any atom is 0.485 e. The van der Waals surface area contributed by atoms with Crippen LogP contribution >= 0.6 is 0 Å². The Balaban J connectivity index is 0.000000355. The number of halogens is 3. The molecule has 11 heteroatoms. The van der Waals surface area contributed by atoms with Crippen molar-refractivity contribution < 1.29 is 35.3 Å². The summed E-state index contributed by atoms with van der Waals surface area (Å²) in [5, 5.41) is 6.09. The van der Waals surface area contributed by atoms with Crippen LogP contribution in [0.15, 0.2) is 109 Å². The minimum atomic E-state index is -6.09. The lowest BCUT2D eigenvalue weighted by atomic mass is 10.1. The highest BCUT2D eigenvalue weighted by atomic mass is 32.2. The number of aromatic nitrogens is 2. The lowest BCUT2D eigenvalue weighted by Gasteiger charge is -2.08. The van der Waals surface area contributed by atoms with E-state index in [1.165, 1.54) is 16.3 Å². The van der Waals surface area contributed by atoms with Crippen molar-refractivity contribution in [3.05, 3.63) is 109 Å². The molecule has 0 bridgehead atoms. The second-order valence-electron chi connectivity index (χ2n) is 8.70. The first-order valence-corrected chi connectivity index (χ1v) is 13.3. The molecule has 1 N–H and O–H groups in total. The van der Waals surface area contributed by atoms with Crippen LogP contribution in [0.1, 0.15) is 0 Å². The van der Waals surface area contributed by atoms with E-state index in [2.05, 4.69) is 99.2 Å². The minimum Gasteiger partial charge on any atom is -0.741 e. The highest BCUT2D eigenvalue weighted by Crippen LogP contribution is 2.34. The molecule has 6 rings (SSSR count). The first-order valence-electron chi connectivity index (χ1n) is 11.9. The average Bonchev–Trinajstić information content (AvgIpc) is 3.27. The number of nitrogens with one attached hydrogen (secondary N) is 1. The summed E-state index contributed by atoms with van der Waals surface area (Å²) in [6.07, 6.45) is 2.11. The number of ether oxygens (including phenoxy) is 1. The van der Waals surface area contributed by atoms with E-state index in [0.29, 0.717) is 0 Å². The third kappa shape index (κ3) is 5.16. The van der Waals surface area contributed by atoms with Crippen molar-refractivity contribution in [1.29, 1.82) is 0 Å². The molecule has 0 saturated heterocycles. The highest BCUT2D eigenvalue weighted by Gasteiger charge is 2.37. The molecule has 7 nitrogen and oxygen atoms in total. The molecule has 40 heavy (non-hydrogen) atoms. The van der Waals surface area contributed by atoms with E-state index >= 15 is 0 Å². The minimum absolute atomic E-state index is 0.839. The Bertz CT molecular complexity index is 1920. The summed E-state index contributed by atoms with van der Waals surface area (Å²) in [5.41, 5.74) is -0.0586. The summed E-state index contributed by atoms with van der Waals surface area (Å²) in [5.74, 6) is 1.87. The molecule has 0 saturated carbocycles. The van der Waals surface area contributed by atoms with E-state index in [1.54, 1.807) is 7.11 Å². The van der Waals surface area contributed by atoms with E-state index in [0.717, 1.165) is 34.1 Å². The van der Waals surface area contributed by atoms with Gasteiger partial charge >= 0.3 is 5.51 Å². The lowest BCUT2D eigenvalue weighted by molar-refractivity contribution is -0.493. The Morgan fingerprint density at radius 3 is 2.15 bits per heavy atom. The van der Waals surface area contributed by atoms with Crippen LogP contribution in [-0.4, -0.2) is 30.0 Å². The molecule has 0 aliphatic heterocycles. The molecule has 0 spiro atoms. The third-order valence-corrected chi connectivity index (χ3v) is 6.78. The number of hydrogen-bond acceptors (Lipinski definition) is 5. The molecule has 0 aliphatic carbocycles. The van der Waals surface area contributed by atoms with E-state index in [9.17, 15) is 13.2 Å². The number of hydrogen-bond donors (Lipinski definition) is 1. The van der Waals surface area contributed by atoms with Crippen molar-refractivity contribution in [3.8, 4) is 17.0 Å². The Morgan fingerprint density at radius 1 is 0.875 bits per heavy atom. The van der Waals surface area contributed by atoms with Gasteiger partial charge in [0, 0.05) is 17.0 Å². The molecule has 0 amide bonds. The van der Waals surface area contributed by atoms with Crippen molar-refractivity contribution in [1.82, 2.24) is 4.40 Å². The monoisotopic (exact) mass is 565 g/mol. The summed E-state index contributed by atoms with van der Waals surface area (Å²) >= 11 is 0.